The molecule has 0 aliphatic carbocycles. The zero-order valence-corrected chi connectivity index (χ0v) is 8.77. The molecule has 3 aromatic rings. The topological polar surface area (TPSA) is 31.6 Å². The minimum Gasteiger partial charge on any atom is -0.361 e. The minimum atomic E-state index is 1.15. The second kappa shape index (κ2) is 3.74. The lowest BCUT2D eigenvalue weighted by Gasteiger charge is -2.02. The smallest absolute Gasteiger partial charge is 0.0454 e. The highest BCUT2D eigenvalue weighted by Crippen LogP contribution is 2.23. The van der Waals surface area contributed by atoms with Gasteiger partial charge in [0, 0.05) is 23.8 Å². The van der Waals surface area contributed by atoms with Gasteiger partial charge in [0.15, 0.2) is 0 Å². The van der Waals surface area contributed by atoms with Crippen molar-refractivity contribution in [1.29, 1.82) is 0 Å². The molecule has 16 heavy (non-hydrogen) atoms. The van der Waals surface area contributed by atoms with Crippen molar-refractivity contribution in [3.05, 3.63) is 60.9 Å². The molecule has 0 saturated carbocycles. The fraction of sp³-hybridized carbons (Fsp3) is 0. The molecule has 2 N–H and O–H groups in total. The molecule has 0 amide bonds. The van der Waals surface area contributed by atoms with Gasteiger partial charge in [-0.1, -0.05) is 18.2 Å². The molecule has 0 saturated heterocycles. The van der Waals surface area contributed by atoms with Crippen molar-refractivity contribution in [1.82, 2.24) is 9.97 Å². The molecule has 1 aromatic carbocycles. The van der Waals surface area contributed by atoms with E-state index in [1.165, 1.54) is 11.1 Å². The lowest BCUT2D eigenvalue weighted by molar-refractivity contribution is 1.38. The number of H-pyrrole nitrogens is 2. The van der Waals surface area contributed by atoms with Crippen LogP contribution in [0.1, 0.15) is 0 Å². The van der Waals surface area contributed by atoms with Crippen molar-refractivity contribution in [2.24, 2.45) is 0 Å². The monoisotopic (exact) mass is 208 g/mol. The van der Waals surface area contributed by atoms with Crippen LogP contribution in [0.2, 0.25) is 0 Å². The van der Waals surface area contributed by atoms with E-state index in [1.807, 2.05) is 24.5 Å². The largest absolute Gasteiger partial charge is 0.361 e. The SMILES string of the molecule is c1cc(-c2ccc[nH]2)cc(-c2ccc[nH]2)c1. The molecule has 0 aliphatic heterocycles. The highest BCUT2D eigenvalue weighted by atomic mass is 14.7. The maximum atomic E-state index is 3.22. The van der Waals surface area contributed by atoms with Crippen LogP contribution in [-0.2, 0) is 0 Å². The summed E-state index contributed by atoms with van der Waals surface area (Å²) in [5.74, 6) is 0. The lowest BCUT2D eigenvalue weighted by atomic mass is 10.1. The fourth-order valence-corrected chi connectivity index (χ4v) is 1.87. The fourth-order valence-electron chi connectivity index (χ4n) is 1.87. The van der Waals surface area contributed by atoms with Crippen molar-refractivity contribution in [3.63, 3.8) is 0 Å². The van der Waals surface area contributed by atoms with Crippen LogP contribution in [-0.4, -0.2) is 9.97 Å². The standard InChI is InChI=1S/C14H12N2/c1-4-11(13-6-2-8-15-13)10-12(5-1)14-7-3-9-16-14/h1-10,15-16H. The van der Waals surface area contributed by atoms with E-state index in [0.717, 1.165) is 11.4 Å². The summed E-state index contributed by atoms with van der Waals surface area (Å²) < 4.78 is 0. The van der Waals surface area contributed by atoms with Crippen molar-refractivity contribution >= 4 is 0 Å². The van der Waals surface area contributed by atoms with Crippen molar-refractivity contribution in [3.8, 4) is 22.5 Å². The van der Waals surface area contributed by atoms with Gasteiger partial charge in [0.05, 0.1) is 0 Å². The van der Waals surface area contributed by atoms with Crippen LogP contribution in [0.4, 0.5) is 0 Å². The molecule has 2 heteroatoms. The van der Waals surface area contributed by atoms with E-state index in [1.54, 1.807) is 0 Å². The maximum absolute atomic E-state index is 3.22. The van der Waals surface area contributed by atoms with Gasteiger partial charge in [-0.15, -0.1) is 0 Å². The molecule has 2 heterocycles. The van der Waals surface area contributed by atoms with Crippen LogP contribution in [0.25, 0.3) is 22.5 Å². The number of rotatable bonds is 2. The van der Waals surface area contributed by atoms with Gasteiger partial charge in [-0.05, 0) is 41.5 Å². The molecule has 0 spiro atoms. The zero-order valence-electron chi connectivity index (χ0n) is 8.77. The van der Waals surface area contributed by atoms with Crippen LogP contribution in [0, 0.1) is 0 Å². The van der Waals surface area contributed by atoms with Gasteiger partial charge in [0.25, 0.3) is 0 Å². The summed E-state index contributed by atoms with van der Waals surface area (Å²) in [4.78, 5) is 6.43. The molecule has 0 atom stereocenters. The van der Waals surface area contributed by atoms with Crippen LogP contribution in [0.3, 0.4) is 0 Å². The summed E-state index contributed by atoms with van der Waals surface area (Å²) in [5.41, 5.74) is 4.70. The van der Waals surface area contributed by atoms with E-state index in [4.69, 9.17) is 0 Å². The molecule has 0 unspecified atom stereocenters. The van der Waals surface area contributed by atoms with Crippen LogP contribution < -0.4 is 0 Å². The van der Waals surface area contributed by atoms with Gasteiger partial charge in [0.2, 0.25) is 0 Å². The van der Waals surface area contributed by atoms with E-state index in [-0.39, 0.29) is 0 Å². The first kappa shape index (κ1) is 9.04. The number of benzene rings is 1. The maximum Gasteiger partial charge on any atom is 0.0454 e. The quantitative estimate of drug-likeness (QED) is 0.644. The summed E-state index contributed by atoms with van der Waals surface area (Å²) in [6.07, 6.45) is 3.88. The number of aromatic nitrogens is 2. The summed E-state index contributed by atoms with van der Waals surface area (Å²) in [6.45, 7) is 0. The first-order chi connectivity index (χ1) is 7.93. The molecular weight excluding hydrogens is 196 g/mol. The average molecular weight is 208 g/mol. The Hall–Kier alpha value is -2.22. The Morgan fingerprint density at radius 2 is 1.19 bits per heavy atom. The Morgan fingerprint density at radius 3 is 1.62 bits per heavy atom. The molecule has 2 aromatic heterocycles. The Morgan fingerprint density at radius 1 is 0.625 bits per heavy atom. The van der Waals surface area contributed by atoms with E-state index in [9.17, 15) is 0 Å². The zero-order chi connectivity index (χ0) is 10.8. The Balaban J connectivity index is 2.07. The Labute approximate surface area is 94.0 Å². The van der Waals surface area contributed by atoms with Crippen molar-refractivity contribution in [2.75, 3.05) is 0 Å². The highest BCUT2D eigenvalue weighted by Gasteiger charge is 2.01. The van der Waals surface area contributed by atoms with E-state index < -0.39 is 0 Å². The summed E-state index contributed by atoms with van der Waals surface area (Å²) in [7, 11) is 0. The number of aromatic amines is 2. The van der Waals surface area contributed by atoms with Gasteiger partial charge >= 0.3 is 0 Å². The summed E-state index contributed by atoms with van der Waals surface area (Å²) in [6, 6.07) is 16.6. The normalized spacial score (nSPS) is 10.5. The number of hydrogen-bond acceptors (Lipinski definition) is 0. The summed E-state index contributed by atoms with van der Waals surface area (Å²) in [5, 5.41) is 0. The van der Waals surface area contributed by atoms with E-state index >= 15 is 0 Å². The van der Waals surface area contributed by atoms with Gasteiger partial charge in [-0.2, -0.15) is 0 Å². The molecule has 2 nitrogen and oxygen atoms in total. The first-order valence-electron chi connectivity index (χ1n) is 5.31. The third-order valence-corrected chi connectivity index (χ3v) is 2.68. The van der Waals surface area contributed by atoms with E-state index in [0.29, 0.717) is 0 Å². The lowest BCUT2D eigenvalue weighted by Crippen LogP contribution is -1.80. The molecule has 0 aliphatic rings. The van der Waals surface area contributed by atoms with Crippen LogP contribution in [0.15, 0.2) is 60.9 Å². The predicted octanol–water partition coefficient (Wildman–Crippen LogP) is 3.68. The van der Waals surface area contributed by atoms with Crippen LogP contribution in [0.5, 0.6) is 0 Å². The molecule has 78 valence electrons. The van der Waals surface area contributed by atoms with Gasteiger partial charge in [-0.25, -0.2) is 0 Å². The number of nitrogens with one attached hydrogen (secondary N) is 2. The second-order valence-corrected chi connectivity index (χ2v) is 3.75. The van der Waals surface area contributed by atoms with Gasteiger partial charge in [-0.3, -0.25) is 0 Å². The highest BCUT2D eigenvalue weighted by molar-refractivity contribution is 5.69. The Bertz CT molecular complexity index is 513. The minimum absolute atomic E-state index is 1.15. The molecule has 0 radical (unpaired) electrons. The Kier molecular flexibility index (Phi) is 2.11. The molecule has 0 fully saturated rings. The predicted molar refractivity (Wildman–Crippen MR) is 66.0 cm³/mol. The van der Waals surface area contributed by atoms with Crippen molar-refractivity contribution in [2.45, 2.75) is 0 Å². The van der Waals surface area contributed by atoms with Crippen LogP contribution >= 0.6 is 0 Å². The van der Waals surface area contributed by atoms with Gasteiger partial charge in [0.1, 0.15) is 0 Å². The summed E-state index contributed by atoms with van der Waals surface area (Å²) >= 11 is 0. The second-order valence-electron chi connectivity index (χ2n) is 3.75. The third-order valence-electron chi connectivity index (χ3n) is 2.68. The average Bonchev–Trinajstić information content (AvgIpc) is 3.03. The van der Waals surface area contributed by atoms with E-state index in [2.05, 4.69) is 46.4 Å². The molecule has 0 bridgehead atoms. The number of hydrogen-bond donors (Lipinski definition) is 2. The van der Waals surface area contributed by atoms with Crippen molar-refractivity contribution < 1.29 is 0 Å². The first-order valence-corrected chi connectivity index (χ1v) is 5.31. The molecular formula is C14H12N2. The molecule has 3 rings (SSSR count). The third kappa shape index (κ3) is 1.54. The van der Waals surface area contributed by atoms with Gasteiger partial charge < -0.3 is 9.97 Å².